The molecule has 1 fully saturated rings. The lowest BCUT2D eigenvalue weighted by atomic mass is 10.2. The summed E-state index contributed by atoms with van der Waals surface area (Å²) in [5.74, 6) is 0.842. The molecule has 0 radical (unpaired) electrons. The minimum absolute atomic E-state index is 0.177. The van der Waals surface area contributed by atoms with Gasteiger partial charge in [-0.3, -0.25) is 9.59 Å². The van der Waals surface area contributed by atoms with E-state index < -0.39 is 0 Å². The average molecular weight is 329 g/mol. The van der Waals surface area contributed by atoms with E-state index in [1.165, 1.54) is 19.2 Å². The summed E-state index contributed by atoms with van der Waals surface area (Å²) in [6.07, 6.45) is 0. The predicted octanol–water partition coefficient (Wildman–Crippen LogP) is -0.577. The zero-order valence-corrected chi connectivity index (χ0v) is 13.6. The lowest BCUT2D eigenvalue weighted by Gasteiger charge is -2.35. The second-order valence-corrected chi connectivity index (χ2v) is 5.69. The van der Waals surface area contributed by atoms with E-state index >= 15 is 0 Å². The summed E-state index contributed by atoms with van der Waals surface area (Å²) in [7, 11) is 1.53. The molecule has 3 heterocycles. The average Bonchev–Trinajstić information content (AvgIpc) is 2.56. The number of piperazine rings is 1. The van der Waals surface area contributed by atoms with Crippen LogP contribution in [0.25, 0.3) is 0 Å². The first-order chi connectivity index (χ1) is 11.4. The van der Waals surface area contributed by atoms with Crippen molar-refractivity contribution in [2.24, 2.45) is 7.05 Å². The van der Waals surface area contributed by atoms with Crippen molar-refractivity contribution in [1.29, 1.82) is 0 Å². The largest absolute Gasteiger partial charge is 0.368 e. The van der Waals surface area contributed by atoms with E-state index in [0.717, 1.165) is 16.2 Å². The van der Waals surface area contributed by atoms with Crippen LogP contribution in [-0.4, -0.2) is 56.7 Å². The van der Waals surface area contributed by atoms with E-state index in [9.17, 15) is 9.59 Å². The number of nitrogens with zero attached hydrogens (tertiary/aromatic N) is 6. The third-order valence-electron chi connectivity index (χ3n) is 3.93. The number of nitrogens with two attached hydrogens (primary N) is 1. The third kappa shape index (κ3) is 3.19. The molecule has 0 aromatic carbocycles. The molecule has 2 aromatic heterocycles. The number of carbonyl (C=O) groups excluding carboxylic acids is 1. The molecule has 2 aromatic rings. The Kier molecular flexibility index (Phi) is 4.15. The van der Waals surface area contributed by atoms with Gasteiger partial charge in [0.1, 0.15) is 11.5 Å². The molecule has 0 saturated carbocycles. The number of hydrogen-bond acceptors (Lipinski definition) is 7. The zero-order valence-electron chi connectivity index (χ0n) is 13.6. The van der Waals surface area contributed by atoms with E-state index in [2.05, 4.69) is 20.0 Å². The van der Waals surface area contributed by atoms with Crippen molar-refractivity contribution < 1.29 is 4.79 Å². The summed E-state index contributed by atoms with van der Waals surface area (Å²) in [5, 5.41) is 4.01. The van der Waals surface area contributed by atoms with Gasteiger partial charge in [-0.15, -0.1) is 0 Å². The summed E-state index contributed by atoms with van der Waals surface area (Å²) in [6, 6.07) is 4.69. The standard InChI is InChI=1S/C15H19N7O2/c1-10-9-12(18-15(16)17-10)21-5-7-22(8-6-21)14(24)11-3-4-13(23)20(2)19-11/h3-4,9H,5-8H2,1-2H3,(H2,16,17,18). The number of rotatable bonds is 2. The van der Waals surface area contributed by atoms with E-state index in [4.69, 9.17) is 5.73 Å². The Morgan fingerprint density at radius 2 is 1.88 bits per heavy atom. The second kappa shape index (κ2) is 6.26. The highest BCUT2D eigenvalue weighted by Crippen LogP contribution is 2.16. The van der Waals surface area contributed by atoms with Gasteiger partial charge < -0.3 is 15.5 Å². The van der Waals surface area contributed by atoms with Crippen LogP contribution in [0.1, 0.15) is 16.2 Å². The number of carbonyl (C=O) groups is 1. The molecule has 1 aliphatic heterocycles. The Balaban J connectivity index is 1.69. The van der Waals surface area contributed by atoms with Crippen molar-refractivity contribution in [3.8, 4) is 0 Å². The van der Waals surface area contributed by atoms with Crippen LogP contribution in [0.3, 0.4) is 0 Å². The molecule has 0 bridgehead atoms. The predicted molar refractivity (Wildman–Crippen MR) is 88.8 cm³/mol. The number of hydrogen-bond donors (Lipinski definition) is 1. The first-order valence-electron chi connectivity index (χ1n) is 7.64. The van der Waals surface area contributed by atoms with Crippen molar-refractivity contribution in [1.82, 2.24) is 24.6 Å². The molecule has 0 atom stereocenters. The fourth-order valence-corrected chi connectivity index (χ4v) is 2.65. The van der Waals surface area contributed by atoms with Crippen molar-refractivity contribution >= 4 is 17.7 Å². The van der Waals surface area contributed by atoms with E-state index in [1.807, 2.05) is 13.0 Å². The highest BCUT2D eigenvalue weighted by atomic mass is 16.2. The molecule has 1 saturated heterocycles. The van der Waals surface area contributed by atoms with Gasteiger partial charge >= 0.3 is 0 Å². The Bertz CT molecular complexity index is 805. The van der Waals surface area contributed by atoms with Gasteiger partial charge in [-0.25, -0.2) is 9.67 Å². The molecule has 0 aliphatic carbocycles. The van der Waals surface area contributed by atoms with Crippen LogP contribution in [0.2, 0.25) is 0 Å². The summed E-state index contributed by atoms with van der Waals surface area (Å²) < 4.78 is 1.16. The first kappa shape index (κ1) is 15.9. The molecular weight excluding hydrogens is 310 g/mol. The number of anilines is 2. The van der Waals surface area contributed by atoms with Gasteiger partial charge in [0.2, 0.25) is 5.95 Å². The fraction of sp³-hybridized carbons (Fsp3) is 0.400. The maximum absolute atomic E-state index is 12.5. The van der Waals surface area contributed by atoms with Crippen LogP contribution in [0.4, 0.5) is 11.8 Å². The third-order valence-corrected chi connectivity index (χ3v) is 3.93. The molecule has 126 valence electrons. The van der Waals surface area contributed by atoms with Gasteiger partial charge in [0.15, 0.2) is 0 Å². The van der Waals surface area contributed by atoms with E-state index in [0.29, 0.717) is 26.2 Å². The summed E-state index contributed by atoms with van der Waals surface area (Å²) in [5.41, 5.74) is 6.53. The Hall–Kier alpha value is -2.97. The van der Waals surface area contributed by atoms with Crippen molar-refractivity contribution in [3.63, 3.8) is 0 Å². The summed E-state index contributed by atoms with van der Waals surface area (Å²) >= 11 is 0. The lowest BCUT2D eigenvalue weighted by Crippen LogP contribution is -2.49. The topological polar surface area (TPSA) is 110 Å². The van der Waals surface area contributed by atoms with Crippen LogP contribution in [0.15, 0.2) is 23.0 Å². The second-order valence-electron chi connectivity index (χ2n) is 5.69. The monoisotopic (exact) mass is 329 g/mol. The van der Waals surface area contributed by atoms with Crippen molar-refractivity contribution in [3.05, 3.63) is 39.9 Å². The molecule has 0 unspecified atom stereocenters. The number of aryl methyl sites for hydroxylation is 2. The molecule has 1 amide bonds. The number of nitrogen functional groups attached to an aromatic ring is 1. The van der Waals surface area contributed by atoms with Crippen LogP contribution in [0, 0.1) is 6.92 Å². The fourth-order valence-electron chi connectivity index (χ4n) is 2.65. The molecule has 1 aliphatic rings. The molecule has 2 N–H and O–H groups in total. The van der Waals surface area contributed by atoms with Gasteiger partial charge in [0.05, 0.1) is 0 Å². The van der Waals surface area contributed by atoms with E-state index in [-0.39, 0.29) is 23.1 Å². The van der Waals surface area contributed by atoms with Gasteiger partial charge in [-0.2, -0.15) is 10.1 Å². The summed E-state index contributed by atoms with van der Waals surface area (Å²) in [4.78, 5) is 36.0. The van der Waals surface area contributed by atoms with Crippen LogP contribution in [0.5, 0.6) is 0 Å². The van der Waals surface area contributed by atoms with Crippen LogP contribution in [-0.2, 0) is 7.05 Å². The SMILES string of the molecule is Cc1cc(N2CCN(C(=O)c3ccc(=O)n(C)n3)CC2)nc(N)n1. The minimum Gasteiger partial charge on any atom is -0.368 e. The number of amides is 1. The van der Waals surface area contributed by atoms with Crippen LogP contribution >= 0.6 is 0 Å². The highest BCUT2D eigenvalue weighted by molar-refractivity contribution is 5.92. The van der Waals surface area contributed by atoms with Crippen molar-refractivity contribution in [2.45, 2.75) is 6.92 Å². The Morgan fingerprint density at radius 3 is 2.50 bits per heavy atom. The molecule has 9 heteroatoms. The molecule has 3 rings (SSSR count). The zero-order chi connectivity index (χ0) is 17.3. The molecule has 0 spiro atoms. The molecular formula is C15H19N7O2. The Labute approximate surface area is 138 Å². The molecule has 9 nitrogen and oxygen atoms in total. The van der Waals surface area contributed by atoms with Gasteiger partial charge in [-0.1, -0.05) is 0 Å². The first-order valence-corrected chi connectivity index (χ1v) is 7.64. The Morgan fingerprint density at radius 1 is 1.17 bits per heavy atom. The van der Waals surface area contributed by atoms with Crippen molar-refractivity contribution in [2.75, 3.05) is 36.8 Å². The quantitative estimate of drug-likeness (QED) is 0.785. The van der Waals surface area contributed by atoms with Gasteiger partial charge in [0, 0.05) is 51.1 Å². The summed E-state index contributed by atoms with van der Waals surface area (Å²) in [6.45, 7) is 4.26. The number of aromatic nitrogens is 4. The maximum atomic E-state index is 12.5. The normalized spacial score (nSPS) is 14.8. The maximum Gasteiger partial charge on any atom is 0.274 e. The lowest BCUT2D eigenvalue weighted by molar-refractivity contribution is 0.0738. The smallest absolute Gasteiger partial charge is 0.274 e. The van der Waals surface area contributed by atoms with Gasteiger partial charge in [0.25, 0.3) is 11.5 Å². The molecule has 24 heavy (non-hydrogen) atoms. The minimum atomic E-state index is -0.243. The van der Waals surface area contributed by atoms with E-state index in [1.54, 1.807) is 4.90 Å². The van der Waals surface area contributed by atoms with Gasteiger partial charge in [-0.05, 0) is 13.0 Å². The van der Waals surface area contributed by atoms with Crippen LogP contribution < -0.4 is 16.2 Å². The highest BCUT2D eigenvalue weighted by Gasteiger charge is 2.24.